The van der Waals surface area contributed by atoms with Crippen molar-refractivity contribution in [3.8, 4) is 5.82 Å². The maximum absolute atomic E-state index is 13.1. The molecule has 0 aliphatic carbocycles. The molecule has 0 bridgehead atoms. The van der Waals surface area contributed by atoms with Gasteiger partial charge < -0.3 is 0 Å². The minimum atomic E-state index is -2.78. The van der Waals surface area contributed by atoms with Crippen molar-refractivity contribution in [1.82, 2.24) is 25.0 Å². The predicted molar refractivity (Wildman–Crippen MR) is 70.9 cm³/mol. The molecule has 0 aliphatic rings. The van der Waals surface area contributed by atoms with Crippen LogP contribution in [0.4, 0.5) is 8.78 Å². The second kappa shape index (κ2) is 6.22. The number of alkyl halides is 2. The highest BCUT2D eigenvalue weighted by Crippen LogP contribution is 2.27. The van der Waals surface area contributed by atoms with Gasteiger partial charge in [-0.1, -0.05) is 5.21 Å². The minimum Gasteiger partial charge on any atom is -0.274 e. The fourth-order valence-corrected chi connectivity index (χ4v) is 1.92. The van der Waals surface area contributed by atoms with Gasteiger partial charge in [-0.05, 0) is 22.0 Å². The smallest absolute Gasteiger partial charge is 0.274 e. The lowest BCUT2D eigenvalue weighted by Gasteiger charge is -2.14. The molecule has 0 atom stereocenters. The van der Waals surface area contributed by atoms with E-state index in [-0.39, 0.29) is 17.1 Å². The Labute approximate surface area is 126 Å². The average molecular weight is 362 g/mol. The average Bonchev–Trinajstić information content (AvgIpc) is 2.94. The number of carbonyl (C=O) groups excluding carboxylic acids is 1. The molecule has 0 fully saturated rings. The van der Waals surface area contributed by atoms with Crippen LogP contribution in [0.2, 0.25) is 0 Å². The van der Waals surface area contributed by atoms with Crippen molar-refractivity contribution in [3.63, 3.8) is 0 Å². The number of halogens is 3. The van der Waals surface area contributed by atoms with E-state index < -0.39 is 12.3 Å². The number of rotatable bonds is 4. The van der Waals surface area contributed by atoms with E-state index in [1.807, 2.05) is 0 Å². The van der Waals surface area contributed by atoms with Crippen LogP contribution in [0, 0.1) is 0 Å². The first-order chi connectivity index (χ1) is 9.95. The molecule has 0 aliphatic heterocycles. The maximum atomic E-state index is 13.1. The number of hydrogen-bond donors (Lipinski definition) is 0. The molecule has 2 aromatic rings. The highest BCUT2D eigenvalue weighted by atomic mass is 79.9. The van der Waals surface area contributed by atoms with E-state index >= 15 is 0 Å². The van der Waals surface area contributed by atoms with Crippen LogP contribution in [0.5, 0.6) is 0 Å². The summed E-state index contributed by atoms with van der Waals surface area (Å²) >= 11 is 3.07. The van der Waals surface area contributed by atoms with Gasteiger partial charge in [0.1, 0.15) is 0 Å². The van der Waals surface area contributed by atoms with E-state index in [1.165, 1.54) is 26.4 Å². The monoisotopic (exact) mass is 361 g/mol. The molecule has 112 valence electrons. The number of hydroxylamine groups is 2. The van der Waals surface area contributed by atoms with Crippen LogP contribution in [-0.4, -0.2) is 45.1 Å². The second-order valence-electron chi connectivity index (χ2n) is 3.88. The Morgan fingerprint density at radius 1 is 1.48 bits per heavy atom. The van der Waals surface area contributed by atoms with Crippen molar-refractivity contribution in [1.29, 1.82) is 0 Å². The summed E-state index contributed by atoms with van der Waals surface area (Å²) in [6.07, 6.45) is -0.300. The summed E-state index contributed by atoms with van der Waals surface area (Å²) in [5, 5.41) is 8.15. The summed E-state index contributed by atoms with van der Waals surface area (Å²) in [6.45, 7) is 0. The topological polar surface area (TPSA) is 73.1 Å². The fraction of sp³-hybridized carbons (Fsp3) is 0.273. The minimum absolute atomic E-state index is 0.0453. The molecule has 21 heavy (non-hydrogen) atoms. The fourth-order valence-electron chi connectivity index (χ4n) is 1.57. The molecule has 0 aromatic carbocycles. The number of amides is 1. The van der Waals surface area contributed by atoms with Crippen LogP contribution in [0.15, 0.2) is 22.9 Å². The Balaban J connectivity index is 2.54. The molecule has 2 heterocycles. The van der Waals surface area contributed by atoms with Gasteiger partial charge in [0.2, 0.25) is 0 Å². The van der Waals surface area contributed by atoms with E-state index in [0.29, 0.717) is 4.47 Å². The van der Waals surface area contributed by atoms with Crippen molar-refractivity contribution < 1.29 is 18.4 Å². The van der Waals surface area contributed by atoms with E-state index in [9.17, 15) is 13.6 Å². The Morgan fingerprint density at radius 2 is 2.19 bits per heavy atom. The van der Waals surface area contributed by atoms with Gasteiger partial charge in [0.05, 0.1) is 18.9 Å². The van der Waals surface area contributed by atoms with Crippen molar-refractivity contribution in [2.75, 3.05) is 14.2 Å². The number of carbonyl (C=O) groups is 1. The van der Waals surface area contributed by atoms with Gasteiger partial charge >= 0.3 is 0 Å². The lowest BCUT2D eigenvalue weighted by atomic mass is 10.2. The zero-order valence-electron chi connectivity index (χ0n) is 11.0. The summed E-state index contributed by atoms with van der Waals surface area (Å²) in [4.78, 5) is 20.7. The highest BCUT2D eigenvalue weighted by molar-refractivity contribution is 9.10. The third kappa shape index (κ3) is 3.05. The van der Waals surface area contributed by atoms with E-state index in [2.05, 4.69) is 31.2 Å². The molecule has 10 heteroatoms. The molecule has 7 nitrogen and oxygen atoms in total. The van der Waals surface area contributed by atoms with Crippen LogP contribution in [0.1, 0.15) is 22.5 Å². The van der Waals surface area contributed by atoms with Crippen molar-refractivity contribution >= 4 is 21.8 Å². The first-order valence-corrected chi connectivity index (χ1v) is 6.41. The lowest BCUT2D eigenvalue weighted by molar-refractivity contribution is -0.0762. The van der Waals surface area contributed by atoms with Crippen LogP contribution < -0.4 is 0 Å². The molecular formula is C11H10BrF2N5O2. The molecular weight excluding hydrogens is 352 g/mol. The summed E-state index contributed by atoms with van der Waals surface area (Å²) in [5.41, 5.74) is -0.417. The molecule has 0 radical (unpaired) electrons. The Bertz CT molecular complexity index is 664. The molecule has 1 amide bonds. The molecule has 2 rings (SSSR count). The molecule has 0 saturated heterocycles. The summed E-state index contributed by atoms with van der Waals surface area (Å²) in [7, 11) is 2.68. The zero-order valence-corrected chi connectivity index (χ0v) is 12.6. The molecule has 2 aromatic heterocycles. The second-order valence-corrected chi connectivity index (χ2v) is 4.80. The van der Waals surface area contributed by atoms with E-state index in [1.54, 1.807) is 0 Å². The third-order valence-corrected chi connectivity index (χ3v) is 3.06. The first kappa shape index (κ1) is 15.4. The molecule has 0 saturated carbocycles. The van der Waals surface area contributed by atoms with Crippen LogP contribution in [0.25, 0.3) is 5.82 Å². The van der Waals surface area contributed by atoms with Gasteiger partial charge in [-0.15, -0.1) is 5.10 Å². The summed E-state index contributed by atoms with van der Waals surface area (Å²) in [6, 6.07) is 1.21. The summed E-state index contributed by atoms with van der Waals surface area (Å²) < 4.78 is 27.6. The van der Waals surface area contributed by atoms with Gasteiger partial charge in [-0.3, -0.25) is 9.63 Å². The largest absolute Gasteiger partial charge is 0.297 e. The standard InChI is InChI=1S/C11H10BrF2N5O2/c1-18(21-2)11(20)8-5-16-17-19(8)10-7(9(13)14)3-6(12)4-15-10/h3-5,9H,1-2H3. The van der Waals surface area contributed by atoms with Crippen molar-refractivity contribution in [2.24, 2.45) is 0 Å². The Morgan fingerprint density at radius 3 is 2.81 bits per heavy atom. The highest BCUT2D eigenvalue weighted by Gasteiger charge is 2.24. The third-order valence-electron chi connectivity index (χ3n) is 2.63. The van der Waals surface area contributed by atoms with Gasteiger partial charge in [0.25, 0.3) is 12.3 Å². The van der Waals surface area contributed by atoms with Gasteiger partial charge in [-0.2, -0.15) is 4.68 Å². The number of pyridine rings is 1. The molecule has 0 unspecified atom stereocenters. The van der Waals surface area contributed by atoms with Crippen molar-refractivity contribution in [3.05, 3.63) is 34.2 Å². The van der Waals surface area contributed by atoms with Crippen LogP contribution in [0.3, 0.4) is 0 Å². The van der Waals surface area contributed by atoms with E-state index in [4.69, 9.17) is 4.84 Å². The SMILES string of the molecule is CON(C)C(=O)c1cnnn1-c1ncc(Br)cc1C(F)F. The van der Waals surface area contributed by atoms with Crippen molar-refractivity contribution in [2.45, 2.75) is 6.43 Å². The van der Waals surface area contributed by atoms with E-state index in [0.717, 1.165) is 15.9 Å². The van der Waals surface area contributed by atoms with Crippen LogP contribution >= 0.6 is 15.9 Å². The first-order valence-electron chi connectivity index (χ1n) is 5.62. The molecule has 0 N–H and O–H groups in total. The normalized spacial score (nSPS) is 11.0. The zero-order chi connectivity index (χ0) is 15.6. The summed E-state index contributed by atoms with van der Waals surface area (Å²) in [5.74, 6) is -0.758. The Hall–Kier alpha value is -1.94. The maximum Gasteiger partial charge on any atom is 0.297 e. The van der Waals surface area contributed by atoms with Crippen LogP contribution in [-0.2, 0) is 4.84 Å². The quantitative estimate of drug-likeness (QED) is 0.778. The lowest BCUT2D eigenvalue weighted by Crippen LogP contribution is -2.28. The number of aromatic nitrogens is 4. The Kier molecular flexibility index (Phi) is 4.58. The number of hydrogen-bond acceptors (Lipinski definition) is 5. The predicted octanol–water partition coefficient (Wildman–Crippen LogP) is 2.00. The number of nitrogens with zero attached hydrogens (tertiary/aromatic N) is 5. The van der Waals surface area contributed by atoms with Gasteiger partial charge in [0, 0.05) is 17.7 Å². The van der Waals surface area contributed by atoms with Gasteiger partial charge in [-0.25, -0.2) is 18.8 Å². The molecule has 0 spiro atoms. The van der Waals surface area contributed by atoms with Gasteiger partial charge in [0.15, 0.2) is 11.5 Å².